The number of hydrogen-bond donors (Lipinski definition) is 1. The van der Waals surface area contributed by atoms with Gasteiger partial charge in [0.2, 0.25) is 0 Å². The Morgan fingerprint density at radius 1 is 1.35 bits per heavy atom. The molecule has 0 aliphatic rings. The van der Waals surface area contributed by atoms with Crippen molar-refractivity contribution in [1.29, 1.82) is 0 Å². The van der Waals surface area contributed by atoms with E-state index in [0.717, 1.165) is 18.1 Å². The van der Waals surface area contributed by atoms with E-state index in [2.05, 4.69) is 31.0 Å². The zero-order valence-corrected chi connectivity index (χ0v) is 11.0. The van der Waals surface area contributed by atoms with E-state index in [1.807, 2.05) is 11.5 Å². The van der Waals surface area contributed by atoms with Crippen molar-refractivity contribution in [2.45, 2.75) is 53.5 Å². The van der Waals surface area contributed by atoms with Crippen LogP contribution in [0.1, 0.15) is 45.3 Å². The van der Waals surface area contributed by atoms with Crippen LogP contribution >= 0.6 is 0 Å². The fraction of sp³-hybridized carbons (Fsp3) is 0.750. The number of aliphatic carboxylic acids is 1. The summed E-state index contributed by atoms with van der Waals surface area (Å²) in [5, 5.41) is 16.9. The topological polar surface area (TPSA) is 68.0 Å². The van der Waals surface area contributed by atoms with Gasteiger partial charge in [-0.1, -0.05) is 20.8 Å². The van der Waals surface area contributed by atoms with E-state index in [0.29, 0.717) is 13.0 Å². The number of nitrogens with zero attached hydrogens (tertiary/aromatic N) is 3. The monoisotopic (exact) mass is 239 g/mol. The first-order valence-electron chi connectivity index (χ1n) is 5.90. The fourth-order valence-electron chi connectivity index (χ4n) is 1.71. The first-order valence-corrected chi connectivity index (χ1v) is 5.90. The average molecular weight is 239 g/mol. The summed E-state index contributed by atoms with van der Waals surface area (Å²) < 4.78 is 2.02. The van der Waals surface area contributed by atoms with Crippen LogP contribution in [0.3, 0.4) is 0 Å². The lowest BCUT2D eigenvalue weighted by Gasteiger charge is -2.18. The molecule has 96 valence electrons. The molecule has 0 spiro atoms. The van der Waals surface area contributed by atoms with Crippen molar-refractivity contribution in [2.75, 3.05) is 0 Å². The number of hydrogen-bond acceptors (Lipinski definition) is 3. The predicted octanol–water partition coefficient (Wildman–Crippen LogP) is 2.04. The molecule has 0 radical (unpaired) electrons. The summed E-state index contributed by atoms with van der Waals surface area (Å²) in [6, 6.07) is 0. The van der Waals surface area contributed by atoms with Gasteiger partial charge in [-0.3, -0.25) is 4.79 Å². The van der Waals surface area contributed by atoms with Gasteiger partial charge in [-0.25, -0.2) is 0 Å². The molecule has 0 atom stereocenters. The quantitative estimate of drug-likeness (QED) is 0.853. The highest BCUT2D eigenvalue weighted by Gasteiger charge is 2.17. The Bertz CT molecular complexity index is 391. The number of carboxylic acid groups (broad SMARTS) is 1. The van der Waals surface area contributed by atoms with Crippen LogP contribution in [0.15, 0.2) is 0 Å². The van der Waals surface area contributed by atoms with Crippen molar-refractivity contribution < 1.29 is 9.90 Å². The highest BCUT2D eigenvalue weighted by molar-refractivity contribution is 5.66. The van der Waals surface area contributed by atoms with Crippen molar-refractivity contribution in [3.8, 4) is 0 Å². The van der Waals surface area contributed by atoms with Gasteiger partial charge in [0.05, 0.1) is 0 Å². The van der Waals surface area contributed by atoms with Gasteiger partial charge >= 0.3 is 5.97 Å². The maximum Gasteiger partial charge on any atom is 0.303 e. The third kappa shape index (κ3) is 4.54. The lowest BCUT2D eigenvalue weighted by Crippen LogP contribution is -2.15. The summed E-state index contributed by atoms with van der Waals surface area (Å²) in [6.07, 6.45) is 1.65. The first kappa shape index (κ1) is 13.7. The Morgan fingerprint density at radius 3 is 2.53 bits per heavy atom. The van der Waals surface area contributed by atoms with E-state index in [-0.39, 0.29) is 11.8 Å². The molecular formula is C12H21N3O2. The number of carboxylic acids is 1. The highest BCUT2D eigenvalue weighted by atomic mass is 16.4. The van der Waals surface area contributed by atoms with E-state index in [1.165, 1.54) is 0 Å². The third-order valence-corrected chi connectivity index (χ3v) is 2.47. The minimum atomic E-state index is -0.756. The fourth-order valence-corrected chi connectivity index (χ4v) is 1.71. The average Bonchev–Trinajstić information content (AvgIpc) is 2.46. The third-order valence-electron chi connectivity index (χ3n) is 2.47. The predicted molar refractivity (Wildman–Crippen MR) is 64.8 cm³/mol. The molecule has 1 aromatic rings. The zero-order valence-electron chi connectivity index (χ0n) is 11.0. The molecule has 1 aromatic heterocycles. The molecule has 0 unspecified atom stereocenters. The van der Waals surface area contributed by atoms with Crippen molar-refractivity contribution in [1.82, 2.24) is 14.8 Å². The van der Waals surface area contributed by atoms with Crippen LogP contribution < -0.4 is 0 Å². The molecule has 5 nitrogen and oxygen atoms in total. The second-order valence-electron chi connectivity index (χ2n) is 5.55. The van der Waals surface area contributed by atoms with Gasteiger partial charge in [-0.05, 0) is 18.8 Å². The normalized spacial score (nSPS) is 11.8. The van der Waals surface area contributed by atoms with Crippen LogP contribution in [0.2, 0.25) is 0 Å². The molecule has 5 heteroatoms. The minimum absolute atomic E-state index is 0.157. The highest BCUT2D eigenvalue weighted by Crippen LogP contribution is 2.20. The second-order valence-corrected chi connectivity index (χ2v) is 5.55. The van der Waals surface area contributed by atoms with Crippen LogP contribution in [0, 0.1) is 12.3 Å². The van der Waals surface area contributed by atoms with Crippen LogP contribution in [0.4, 0.5) is 0 Å². The van der Waals surface area contributed by atoms with Gasteiger partial charge in [0.15, 0.2) is 0 Å². The molecule has 0 fully saturated rings. The first-order chi connectivity index (χ1) is 7.79. The molecular weight excluding hydrogens is 218 g/mol. The lowest BCUT2D eigenvalue weighted by atomic mass is 9.92. The number of aryl methyl sites for hydroxylation is 1. The molecule has 1 heterocycles. The van der Waals surface area contributed by atoms with Crippen LogP contribution in [-0.4, -0.2) is 25.8 Å². The largest absolute Gasteiger partial charge is 0.481 e. The second kappa shape index (κ2) is 5.29. The number of carbonyl (C=O) groups is 1. The Balaban J connectivity index is 2.69. The summed E-state index contributed by atoms with van der Waals surface area (Å²) in [5.74, 6) is 1.04. The van der Waals surface area contributed by atoms with Crippen LogP contribution in [0.25, 0.3) is 0 Å². The Kier molecular flexibility index (Phi) is 4.26. The minimum Gasteiger partial charge on any atom is -0.481 e. The maximum atomic E-state index is 10.5. The summed E-state index contributed by atoms with van der Waals surface area (Å²) in [7, 11) is 0. The SMILES string of the molecule is Cc1nnc(CC(C)(C)C)n1CCCC(=O)O. The number of aromatic nitrogens is 3. The molecule has 0 saturated heterocycles. The van der Waals surface area contributed by atoms with Gasteiger partial charge in [0.1, 0.15) is 11.6 Å². The molecule has 0 aliphatic heterocycles. The molecule has 1 N–H and O–H groups in total. The molecule has 0 aliphatic carbocycles. The summed E-state index contributed by atoms with van der Waals surface area (Å²) in [5.41, 5.74) is 0.157. The van der Waals surface area contributed by atoms with Crippen molar-refractivity contribution in [2.24, 2.45) is 5.41 Å². The van der Waals surface area contributed by atoms with E-state index >= 15 is 0 Å². The Labute approximate surface area is 102 Å². The van der Waals surface area contributed by atoms with Crippen molar-refractivity contribution in [3.63, 3.8) is 0 Å². The maximum absolute atomic E-state index is 10.5. The van der Waals surface area contributed by atoms with E-state index in [1.54, 1.807) is 0 Å². The molecule has 0 saturated carbocycles. The van der Waals surface area contributed by atoms with Gasteiger partial charge in [0, 0.05) is 19.4 Å². The smallest absolute Gasteiger partial charge is 0.303 e. The molecule has 1 rings (SSSR count). The molecule has 17 heavy (non-hydrogen) atoms. The van der Waals surface area contributed by atoms with Crippen molar-refractivity contribution >= 4 is 5.97 Å². The van der Waals surface area contributed by atoms with E-state index < -0.39 is 5.97 Å². The van der Waals surface area contributed by atoms with E-state index in [9.17, 15) is 4.79 Å². The van der Waals surface area contributed by atoms with Crippen molar-refractivity contribution in [3.05, 3.63) is 11.6 Å². The van der Waals surface area contributed by atoms with Crippen LogP contribution in [0.5, 0.6) is 0 Å². The molecule has 0 amide bonds. The zero-order chi connectivity index (χ0) is 13.1. The lowest BCUT2D eigenvalue weighted by molar-refractivity contribution is -0.137. The van der Waals surface area contributed by atoms with Gasteiger partial charge < -0.3 is 9.67 Å². The van der Waals surface area contributed by atoms with Gasteiger partial charge in [-0.15, -0.1) is 10.2 Å². The Hall–Kier alpha value is -1.39. The molecule has 0 aromatic carbocycles. The number of rotatable bonds is 5. The Morgan fingerprint density at radius 2 is 2.00 bits per heavy atom. The van der Waals surface area contributed by atoms with Gasteiger partial charge in [0.25, 0.3) is 0 Å². The summed E-state index contributed by atoms with van der Waals surface area (Å²) in [6.45, 7) is 9.03. The summed E-state index contributed by atoms with van der Waals surface area (Å²) in [4.78, 5) is 10.5. The van der Waals surface area contributed by atoms with Crippen LogP contribution in [-0.2, 0) is 17.8 Å². The molecule has 0 bridgehead atoms. The van der Waals surface area contributed by atoms with Gasteiger partial charge in [-0.2, -0.15) is 0 Å². The van der Waals surface area contributed by atoms with E-state index in [4.69, 9.17) is 5.11 Å². The summed E-state index contributed by atoms with van der Waals surface area (Å²) >= 11 is 0. The standard InChI is InChI=1S/C12H21N3O2/c1-9-13-14-10(8-12(2,3)4)15(9)7-5-6-11(16)17/h5-8H2,1-4H3,(H,16,17).